The molecule has 1 aromatic carbocycles. The number of nitrogens with zero attached hydrogens (tertiary/aromatic N) is 6. The van der Waals surface area contributed by atoms with E-state index in [-0.39, 0.29) is 25.1 Å². The number of hydrogen-bond donors (Lipinski definition) is 2. The molecular weight excluding hydrogens is 869 g/mol. The number of anilines is 2. The van der Waals surface area contributed by atoms with Gasteiger partial charge in [-0.2, -0.15) is 0 Å². The molecule has 2 amide bonds. The van der Waals surface area contributed by atoms with Crippen molar-refractivity contribution < 1.29 is 42.9 Å². The first-order chi connectivity index (χ1) is 32.4. The van der Waals surface area contributed by atoms with Crippen LogP contribution in [0.5, 0.6) is 0 Å². The maximum absolute atomic E-state index is 14.2. The molecule has 6 heterocycles. The fraction of sp³-hybridized carbons (Fsp3) is 0.667. The fourth-order valence-electron chi connectivity index (χ4n) is 10.4. The SMILES string of the molecule is CCn1c(-c2cc(N3CCN4CCCC[C@@H]4C3)cnc2[C@H](C)OC)c(CC(C)(C)COC(C)=O)c2cc(N3CCO[C@@H](C[C@H](NC(=O)OC(C)(C)C)C(=O)N4CCC[C@@H](C(=O)OC)N4)C3)ccc21. The molecule has 0 bridgehead atoms. The number of fused-ring (bicyclic) bond motifs is 2. The van der Waals surface area contributed by atoms with Crippen molar-refractivity contribution in [2.75, 3.05) is 83.0 Å². The van der Waals surface area contributed by atoms with E-state index < -0.39 is 47.2 Å². The zero-order chi connectivity index (χ0) is 48.9. The predicted molar refractivity (Wildman–Crippen MR) is 261 cm³/mol. The minimum absolute atomic E-state index is 0.170. The van der Waals surface area contributed by atoms with Crippen molar-refractivity contribution in [2.24, 2.45) is 5.41 Å². The number of amides is 2. The monoisotopic (exact) mass is 945 g/mol. The van der Waals surface area contributed by atoms with Crippen LogP contribution in [0.25, 0.3) is 22.2 Å². The zero-order valence-corrected chi connectivity index (χ0v) is 42.2. The smallest absolute Gasteiger partial charge is 0.408 e. The van der Waals surface area contributed by atoms with Crippen molar-refractivity contribution in [3.05, 3.63) is 41.7 Å². The van der Waals surface area contributed by atoms with E-state index in [9.17, 15) is 19.2 Å². The molecule has 0 spiro atoms. The van der Waals surface area contributed by atoms with Crippen molar-refractivity contribution in [3.63, 3.8) is 0 Å². The van der Waals surface area contributed by atoms with Gasteiger partial charge in [0.15, 0.2) is 0 Å². The number of ether oxygens (including phenoxy) is 5. The Labute approximate surface area is 402 Å². The van der Waals surface area contributed by atoms with Gasteiger partial charge in [-0.3, -0.25) is 29.3 Å². The summed E-state index contributed by atoms with van der Waals surface area (Å²) in [5, 5.41) is 5.32. The highest BCUT2D eigenvalue weighted by atomic mass is 16.6. The second-order valence-corrected chi connectivity index (χ2v) is 20.7. The molecule has 4 aliphatic heterocycles. The second kappa shape index (κ2) is 21.8. The number of carbonyl (C=O) groups is 4. The molecule has 2 N–H and O–H groups in total. The van der Waals surface area contributed by atoms with E-state index in [1.807, 2.05) is 13.1 Å². The molecule has 4 aliphatic rings. The first-order valence-electron chi connectivity index (χ1n) is 24.7. The summed E-state index contributed by atoms with van der Waals surface area (Å²) in [6, 6.07) is 7.78. The number of alkyl carbamates (subject to hydrolysis) is 1. The van der Waals surface area contributed by atoms with Gasteiger partial charge in [0.05, 0.1) is 55.8 Å². The predicted octanol–water partition coefficient (Wildman–Crippen LogP) is 6.39. The third-order valence-corrected chi connectivity index (χ3v) is 13.8. The molecule has 68 heavy (non-hydrogen) atoms. The van der Waals surface area contributed by atoms with Crippen molar-refractivity contribution in [1.82, 2.24) is 30.2 Å². The number of aryl methyl sites for hydroxylation is 1. The summed E-state index contributed by atoms with van der Waals surface area (Å²) >= 11 is 0. The van der Waals surface area contributed by atoms with Crippen LogP contribution in [0.1, 0.15) is 111 Å². The van der Waals surface area contributed by atoms with Crippen molar-refractivity contribution >= 4 is 46.2 Å². The van der Waals surface area contributed by atoms with Gasteiger partial charge in [0, 0.05) is 99.9 Å². The van der Waals surface area contributed by atoms with Crippen LogP contribution in [0.2, 0.25) is 0 Å². The van der Waals surface area contributed by atoms with E-state index >= 15 is 0 Å². The van der Waals surface area contributed by atoms with Crippen LogP contribution in [0.4, 0.5) is 16.2 Å². The summed E-state index contributed by atoms with van der Waals surface area (Å²) in [5.74, 6) is -1.16. The van der Waals surface area contributed by atoms with E-state index in [0.29, 0.717) is 58.1 Å². The minimum atomic E-state index is -1.01. The normalized spacial score (nSPS) is 21.5. The maximum atomic E-state index is 14.2. The van der Waals surface area contributed by atoms with E-state index in [2.05, 4.69) is 75.0 Å². The Morgan fingerprint density at radius 2 is 1.72 bits per heavy atom. The number of nitrogens with one attached hydrogen (secondary N) is 2. The molecule has 2 aromatic heterocycles. The van der Waals surface area contributed by atoms with Crippen LogP contribution in [-0.4, -0.2) is 146 Å². The third kappa shape index (κ3) is 12.1. The Bertz CT molecular complexity index is 2270. The van der Waals surface area contributed by atoms with Gasteiger partial charge in [0.1, 0.15) is 17.7 Å². The number of piperidine rings is 1. The van der Waals surface area contributed by atoms with Crippen molar-refractivity contribution in [3.8, 4) is 11.3 Å². The molecule has 4 fully saturated rings. The number of benzene rings is 1. The number of esters is 2. The van der Waals surface area contributed by atoms with Gasteiger partial charge >= 0.3 is 18.0 Å². The summed E-state index contributed by atoms with van der Waals surface area (Å²) in [6.45, 7) is 22.2. The van der Waals surface area contributed by atoms with Gasteiger partial charge in [0.25, 0.3) is 5.91 Å². The van der Waals surface area contributed by atoms with Crippen LogP contribution >= 0.6 is 0 Å². The molecule has 0 saturated carbocycles. The number of hydrazine groups is 1. The van der Waals surface area contributed by atoms with Gasteiger partial charge in [-0.25, -0.2) is 10.2 Å². The highest BCUT2D eigenvalue weighted by molar-refractivity contribution is 5.95. The van der Waals surface area contributed by atoms with Gasteiger partial charge < -0.3 is 43.4 Å². The van der Waals surface area contributed by atoms with E-state index in [1.165, 1.54) is 44.8 Å². The number of piperazine rings is 1. The number of morpholine rings is 1. The first kappa shape index (κ1) is 50.9. The highest BCUT2D eigenvalue weighted by Gasteiger charge is 2.37. The molecule has 0 unspecified atom stereocenters. The zero-order valence-electron chi connectivity index (χ0n) is 42.2. The average molecular weight is 945 g/mol. The number of rotatable bonds is 15. The van der Waals surface area contributed by atoms with Gasteiger partial charge in [-0.05, 0) is 103 Å². The van der Waals surface area contributed by atoms with Crippen LogP contribution in [0.15, 0.2) is 30.5 Å². The Morgan fingerprint density at radius 1 is 0.941 bits per heavy atom. The molecule has 374 valence electrons. The second-order valence-electron chi connectivity index (χ2n) is 20.7. The fourth-order valence-corrected chi connectivity index (χ4v) is 10.4. The number of methoxy groups -OCH3 is 2. The van der Waals surface area contributed by atoms with Crippen molar-refractivity contribution in [1.29, 1.82) is 0 Å². The quantitative estimate of drug-likeness (QED) is 0.127. The van der Waals surface area contributed by atoms with Crippen molar-refractivity contribution in [2.45, 2.75) is 143 Å². The third-order valence-electron chi connectivity index (χ3n) is 13.8. The lowest BCUT2D eigenvalue weighted by atomic mass is 9.84. The Morgan fingerprint density at radius 3 is 2.44 bits per heavy atom. The van der Waals surface area contributed by atoms with Crippen LogP contribution in [0.3, 0.4) is 0 Å². The van der Waals surface area contributed by atoms with E-state index in [4.69, 9.17) is 28.7 Å². The summed E-state index contributed by atoms with van der Waals surface area (Å²) in [6.07, 6.45) is 6.23. The average Bonchev–Trinajstić information content (AvgIpc) is 3.62. The Hall–Kier alpha value is -4.97. The summed E-state index contributed by atoms with van der Waals surface area (Å²) in [7, 11) is 3.05. The first-order valence-corrected chi connectivity index (χ1v) is 24.7. The Kier molecular flexibility index (Phi) is 16.3. The van der Waals surface area contributed by atoms with Gasteiger partial charge in [-0.1, -0.05) is 20.3 Å². The summed E-state index contributed by atoms with van der Waals surface area (Å²) in [5.41, 5.74) is 9.10. The maximum Gasteiger partial charge on any atom is 0.408 e. The highest BCUT2D eigenvalue weighted by Crippen LogP contribution is 2.43. The number of carbonyl (C=O) groups excluding carboxylic acids is 4. The number of pyridine rings is 1. The summed E-state index contributed by atoms with van der Waals surface area (Å²) in [4.78, 5) is 64.7. The lowest BCUT2D eigenvalue weighted by molar-refractivity contribution is -0.150. The molecule has 17 heteroatoms. The summed E-state index contributed by atoms with van der Waals surface area (Å²) < 4.78 is 31.0. The van der Waals surface area contributed by atoms with E-state index in [0.717, 1.165) is 64.4 Å². The van der Waals surface area contributed by atoms with Crippen LogP contribution in [0, 0.1) is 5.41 Å². The molecule has 0 aliphatic carbocycles. The van der Waals surface area contributed by atoms with E-state index in [1.54, 1.807) is 27.9 Å². The lowest BCUT2D eigenvalue weighted by Crippen LogP contribution is -2.61. The molecular formula is C51H76N8O9. The number of aromatic nitrogens is 2. The standard InChI is InChI=1S/C51H76N8O9/c1-11-58-44-18-17-35(57-23-24-66-38(31-57)27-43(53-49(63)68-50(4,5)6)47(61)59-20-14-16-42(54-59)48(62)65-10)25-39(44)41(28-51(7,8)32-67-34(3)60)46(58)40-26-37(29-52-45(40)33(2)64-9)56-22-21-55-19-13-12-15-36(55)30-56/h17-18,25-26,29,33,36,38,42-43,54H,11-16,19-24,27-28,30-32H2,1-10H3,(H,53,63)/t33-,36+,38-,42-,43-/m0/s1. The van der Waals surface area contributed by atoms with Gasteiger partial charge in [-0.15, -0.1) is 0 Å². The lowest BCUT2D eigenvalue weighted by Gasteiger charge is -2.45. The van der Waals surface area contributed by atoms with Crippen LogP contribution < -0.4 is 20.5 Å². The number of hydrogen-bond acceptors (Lipinski definition) is 14. The largest absolute Gasteiger partial charge is 0.468 e. The molecule has 3 aromatic rings. The molecule has 5 atom stereocenters. The van der Waals surface area contributed by atoms with Crippen LogP contribution in [-0.2, 0) is 51.0 Å². The van der Waals surface area contributed by atoms with Gasteiger partial charge in [0.2, 0.25) is 0 Å². The topological polar surface area (TPSA) is 169 Å². The molecule has 17 nitrogen and oxygen atoms in total. The molecule has 0 radical (unpaired) electrons. The minimum Gasteiger partial charge on any atom is -0.468 e. The Balaban J connectivity index is 1.25. The molecule has 4 saturated heterocycles. The molecule has 7 rings (SSSR count).